The SMILES string of the molecule is O=C(CC(=O)O[PH](=O)O)O[PH](=O)O. The first-order valence-electron chi connectivity index (χ1n) is 2.79. The summed E-state index contributed by atoms with van der Waals surface area (Å²) in [6.45, 7) is 0. The van der Waals surface area contributed by atoms with E-state index in [0.29, 0.717) is 0 Å². The van der Waals surface area contributed by atoms with Gasteiger partial charge in [0.05, 0.1) is 0 Å². The van der Waals surface area contributed by atoms with Crippen molar-refractivity contribution in [1.82, 2.24) is 0 Å². The van der Waals surface area contributed by atoms with Crippen molar-refractivity contribution < 1.29 is 37.6 Å². The van der Waals surface area contributed by atoms with Crippen LogP contribution in [0.25, 0.3) is 0 Å². The van der Waals surface area contributed by atoms with E-state index in [0.717, 1.165) is 0 Å². The van der Waals surface area contributed by atoms with E-state index in [1.165, 1.54) is 0 Å². The quantitative estimate of drug-likeness (QED) is 0.477. The normalized spacial score (nSPS) is 14.3. The smallest absolute Gasteiger partial charge is 0.367 e. The highest BCUT2D eigenvalue weighted by atomic mass is 31.1. The van der Waals surface area contributed by atoms with Gasteiger partial charge in [0.1, 0.15) is 6.42 Å². The topological polar surface area (TPSA) is 127 Å². The molecule has 13 heavy (non-hydrogen) atoms. The molecule has 0 aliphatic heterocycles. The molecule has 0 heterocycles. The van der Waals surface area contributed by atoms with Gasteiger partial charge in [-0.1, -0.05) is 0 Å². The first-order chi connectivity index (χ1) is 5.91. The molecule has 0 spiro atoms. The second-order valence-electron chi connectivity index (χ2n) is 1.66. The van der Waals surface area contributed by atoms with Crippen LogP contribution in [0.2, 0.25) is 0 Å². The maximum atomic E-state index is 10.4. The Balaban J connectivity index is 3.85. The van der Waals surface area contributed by atoms with Crippen molar-refractivity contribution in [3.05, 3.63) is 0 Å². The standard InChI is InChI=1S/C3H6O8P2/c4-2(10-12(6)7)1-3(5)11-13(8)9/h12-13H,1H2,(H,6,7)(H,8,9). The van der Waals surface area contributed by atoms with Crippen molar-refractivity contribution in [2.75, 3.05) is 0 Å². The Morgan fingerprint density at radius 1 is 1.00 bits per heavy atom. The van der Waals surface area contributed by atoms with Crippen LogP contribution in [0.15, 0.2) is 0 Å². The van der Waals surface area contributed by atoms with E-state index in [1.54, 1.807) is 0 Å². The Morgan fingerprint density at radius 2 is 1.31 bits per heavy atom. The predicted octanol–water partition coefficient (Wildman–Crippen LogP) is -0.773. The van der Waals surface area contributed by atoms with E-state index < -0.39 is 34.9 Å². The van der Waals surface area contributed by atoms with Crippen LogP contribution in [0.3, 0.4) is 0 Å². The minimum atomic E-state index is -3.45. The fourth-order valence-corrected chi connectivity index (χ4v) is 0.919. The van der Waals surface area contributed by atoms with Gasteiger partial charge < -0.3 is 18.8 Å². The summed E-state index contributed by atoms with van der Waals surface area (Å²) in [5.41, 5.74) is 0. The van der Waals surface area contributed by atoms with E-state index >= 15 is 0 Å². The van der Waals surface area contributed by atoms with Crippen molar-refractivity contribution >= 4 is 28.4 Å². The van der Waals surface area contributed by atoms with Gasteiger partial charge >= 0.3 is 28.4 Å². The molecule has 0 aromatic heterocycles. The summed E-state index contributed by atoms with van der Waals surface area (Å²) >= 11 is 0. The summed E-state index contributed by atoms with van der Waals surface area (Å²) in [6, 6.07) is 0. The number of hydrogen-bond acceptors (Lipinski definition) is 6. The Labute approximate surface area is 73.4 Å². The molecule has 2 N–H and O–H groups in total. The molecule has 0 aromatic rings. The van der Waals surface area contributed by atoms with Crippen LogP contribution in [0.1, 0.15) is 6.42 Å². The Hall–Kier alpha value is -0.680. The minimum Gasteiger partial charge on any atom is -0.393 e. The summed E-state index contributed by atoms with van der Waals surface area (Å²) in [7, 11) is -6.89. The lowest BCUT2D eigenvalue weighted by Crippen LogP contribution is -2.08. The van der Waals surface area contributed by atoms with Crippen molar-refractivity contribution in [1.29, 1.82) is 0 Å². The number of carbonyl (C=O) groups excluding carboxylic acids is 2. The van der Waals surface area contributed by atoms with Crippen LogP contribution in [0.5, 0.6) is 0 Å². The molecule has 0 saturated carbocycles. The van der Waals surface area contributed by atoms with Crippen LogP contribution in [-0.2, 0) is 27.8 Å². The molecular weight excluding hydrogens is 226 g/mol. The van der Waals surface area contributed by atoms with Gasteiger partial charge in [-0.15, -0.1) is 0 Å². The summed E-state index contributed by atoms with van der Waals surface area (Å²) < 4.78 is 27.2. The second kappa shape index (κ2) is 5.88. The largest absolute Gasteiger partial charge is 0.393 e. The van der Waals surface area contributed by atoms with Crippen LogP contribution < -0.4 is 0 Å². The maximum Gasteiger partial charge on any atom is 0.367 e. The first kappa shape index (κ1) is 12.3. The summed E-state index contributed by atoms with van der Waals surface area (Å²) in [5.74, 6) is -2.58. The molecule has 0 saturated heterocycles. The molecule has 0 radical (unpaired) electrons. The summed E-state index contributed by atoms with van der Waals surface area (Å²) in [4.78, 5) is 37.0. The Kier molecular flexibility index (Phi) is 5.57. The van der Waals surface area contributed by atoms with Gasteiger partial charge in [0.2, 0.25) is 0 Å². The average molecular weight is 232 g/mol. The van der Waals surface area contributed by atoms with Gasteiger partial charge in [-0.3, -0.25) is 9.59 Å². The highest BCUT2D eigenvalue weighted by Crippen LogP contribution is 2.18. The number of carbonyl (C=O) groups is 2. The van der Waals surface area contributed by atoms with Gasteiger partial charge in [0.15, 0.2) is 0 Å². The lowest BCUT2D eigenvalue weighted by Gasteiger charge is -1.99. The molecule has 0 aliphatic carbocycles. The molecule has 10 heteroatoms. The zero-order valence-electron chi connectivity index (χ0n) is 6.05. The van der Waals surface area contributed by atoms with E-state index in [1.807, 2.05) is 0 Å². The molecule has 0 aromatic carbocycles. The van der Waals surface area contributed by atoms with Crippen molar-refractivity contribution in [2.24, 2.45) is 0 Å². The van der Waals surface area contributed by atoms with E-state index in [9.17, 15) is 18.7 Å². The summed E-state index contributed by atoms with van der Waals surface area (Å²) in [6.07, 6.45) is -0.978. The molecule has 8 nitrogen and oxygen atoms in total. The van der Waals surface area contributed by atoms with E-state index in [-0.39, 0.29) is 0 Å². The first-order valence-corrected chi connectivity index (χ1v) is 5.31. The Morgan fingerprint density at radius 3 is 1.54 bits per heavy atom. The monoisotopic (exact) mass is 232 g/mol. The van der Waals surface area contributed by atoms with Gasteiger partial charge in [-0.05, 0) is 0 Å². The van der Waals surface area contributed by atoms with E-state index in [2.05, 4.69) is 9.05 Å². The van der Waals surface area contributed by atoms with Crippen LogP contribution in [0, 0.1) is 0 Å². The fraction of sp³-hybridized carbons (Fsp3) is 0.333. The molecule has 0 fully saturated rings. The highest BCUT2D eigenvalue weighted by Gasteiger charge is 2.14. The van der Waals surface area contributed by atoms with Crippen molar-refractivity contribution in [3.63, 3.8) is 0 Å². The molecular formula is C3H6O8P2. The second-order valence-corrected chi connectivity index (χ2v) is 3.13. The van der Waals surface area contributed by atoms with Gasteiger partial charge in [-0.25, -0.2) is 9.13 Å². The highest BCUT2D eigenvalue weighted by molar-refractivity contribution is 7.33. The van der Waals surface area contributed by atoms with Gasteiger partial charge in [0.25, 0.3) is 0 Å². The third-order valence-corrected chi connectivity index (χ3v) is 1.50. The van der Waals surface area contributed by atoms with Gasteiger partial charge in [0, 0.05) is 0 Å². The van der Waals surface area contributed by atoms with Crippen molar-refractivity contribution in [3.8, 4) is 0 Å². The minimum absolute atomic E-state index is 0.978. The Bertz CT molecular complexity index is 232. The molecule has 76 valence electrons. The number of hydrogen-bond donors (Lipinski definition) is 2. The average Bonchev–Trinajstić information content (AvgIpc) is 1.80. The van der Waals surface area contributed by atoms with Crippen LogP contribution in [0.4, 0.5) is 0 Å². The predicted molar refractivity (Wildman–Crippen MR) is 39.2 cm³/mol. The molecule has 2 atom stereocenters. The zero-order valence-corrected chi connectivity index (χ0v) is 8.05. The van der Waals surface area contributed by atoms with Crippen LogP contribution >= 0.6 is 16.5 Å². The van der Waals surface area contributed by atoms with Crippen LogP contribution in [-0.4, -0.2) is 21.7 Å². The lowest BCUT2D eigenvalue weighted by molar-refractivity contribution is -0.144. The number of rotatable bonds is 4. The fourth-order valence-electron chi connectivity index (χ4n) is 0.385. The van der Waals surface area contributed by atoms with Gasteiger partial charge in [-0.2, -0.15) is 0 Å². The molecule has 2 unspecified atom stereocenters. The molecule has 0 amide bonds. The van der Waals surface area contributed by atoms with Crippen molar-refractivity contribution in [2.45, 2.75) is 6.42 Å². The maximum absolute atomic E-state index is 10.4. The molecule has 0 bridgehead atoms. The van der Waals surface area contributed by atoms with E-state index in [4.69, 9.17) is 9.79 Å². The third kappa shape index (κ3) is 7.67. The third-order valence-electron chi connectivity index (χ3n) is 0.691. The lowest BCUT2D eigenvalue weighted by atomic mass is 10.5. The molecule has 0 aliphatic rings. The summed E-state index contributed by atoms with van der Waals surface area (Å²) in [5, 5.41) is 0. The zero-order chi connectivity index (χ0) is 10.4. The molecule has 0 rings (SSSR count).